The maximum atomic E-state index is 11.4. The number of methoxy groups -OCH3 is 1. The number of aromatic nitrogens is 1. The molecule has 0 unspecified atom stereocenters. The van der Waals surface area contributed by atoms with Crippen LogP contribution in [-0.4, -0.2) is 30.6 Å². The minimum absolute atomic E-state index is 0.117. The third-order valence-corrected chi connectivity index (χ3v) is 6.81. The number of carbonyl (C=O) groups excluding carboxylic acids is 1. The molecule has 5 rings (SSSR count). The maximum Gasteiger partial charge on any atom is 0.220 e. The largest absolute Gasteiger partial charge is 0.481 e. The van der Waals surface area contributed by atoms with E-state index in [-0.39, 0.29) is 11.9 Å². The van der Waals surface area contributed by atoms with Crippen molar-refractivity contribution in [3.63, 3.8) is 0 Å². The van der Waals surface area contributed by atoms with Crippen LogP contribution in [0.2, 0.25) is 0 Å². The quantitative estimate of drug-likeness (QED) is 0.562. The molecule has 6 nitrogen and oxygen atoms in total. The van der Waals surface area contributed by atoms with Crippen molar-refractivity contribution in [3.05, 3.63) is 70.8 Å². The van der Waals surface area contributed by atoms with E-state index in [4.69, 9.17) is 9.72 Å². The van der Waals surface area contributed by atoms with Gasteiger partial charge in [-0.1, -0.05) is 42.5 Å². The van der Waals surface area contributed by atoms with Crippen LogP contribution in [0, 0.1) is 11.3 Å². The number of carbonyl (C=O) groups is 1. The fraction of sp³-hybridized carbons (Fsp3) is 0.321. The third-order valence-electron chi connectivity index (χ3n) is 6.81. The average Bonchev–Trinajstić information content (AvgIpc) is 3.52. The van der Waals surface area contributed by atoms with Crippen molar-refractivity contribution in [3.8, 4) is 34.3 Å². The molecule has 0 saturated carbocycles. The summed E-state index contributed by atoms with van der Waals surface area (Å²) in [6.45, 7) is 1.29. The number of pyridine rings is 1. The predicted molar refractivity (Wildman–Crippen MR) is 131 cm³/mol. The summed E-state index contributed by atoms with van der Waals surface area (Å²) in [7, 11) is 1.61. The van der Waals surface area contributed by atoms with Gasteiger partial charge in [0, 0.05) is 42.2 Å². The molecule has 2 heterocycles. The lowest BCUT2D eigenvalue weighted by atomic mass is 9.90. The molecule has 3 aromatic rings. The van der Waals surface area contributed by atoms with Crippen LogP contribution in [0.5, 0.6) is 5.88 Å². The summed E-state index contributed by atoms with van der Waals surface area (Å²) in [5.74, 6) is 0.654. The number of nitriles is 1. The standard InChI is InChI=1S/C28H28N4O2/c1-34-28-19(16-30-17-20-12-14-27(33)31-20)11-13-26(32-28)24-10-4-9-23(25(24)15-29)22-8-3-6-18-5-2-7-21(18)22/h3-4,6,8-11,13,20,30H,2,5,7,12,14,16-17H2,1H3,(H,31,33)/t20-/m0/s1. The Bertz CT molecular complexity index is 1280. The molecule has 6 heteroatoms. The van der Waals surface area contributed by atoms with E-state index < -0.39 is 0 Å². The van der Waals surface area contributed by atoms with E-state index in [1.165, 1.54) is 11.1 Å². The van der Waals surface area contributed by atoms with Gasteiger partial charge in [0.05, 0.1) is 18.4 Å². The Morgan fingerprint density at radius 3 is 2.71 bits per heavy atom. The van der Waals surface area contributed by atoms with Crippen molar-refractivity contribution in [1.82, 2.24) is 15.6 Å². The highest BCUT2D eigenvalue weighted by molar-refractivity contribution is 5.83. The Morgan fingerprint density at radius 2 is 1.91 bits per heavy atom. The highest BCUT2D eigenvalue weighted by Crippen LogP contribution is 2.37. The molecule has 34 heavy (non-hydrogen) atoms. The normalized spacial score (nSPS) is 16.7. The van der Waals surface area contributed by atoms with E-state index in [0.29, 0.717) is 31.0 Å². The molecule has 1 aliphatic heterocycles. The molecule has 1 fully saturated rings. The van der Waals surface area contributed by atoms with Crippen molar-refractivity contribution in [1.29, 1.82) is 5.26 Å². The van der Waals surface area contributed by atoms with Crippen molar-refractivity contribution >= 4 is 5.91 Å². The highest BCUT2D eigenvalue weighted by atomic mass is 16.5. The molecule has 2 aliphatic rings. The number of amides is 1. The molecule has 0 bridgehead atoms. The molecule has 1 atom stereocenters. The van der Waals surface area contributed by atoms with Gasteiger partial charge in [0.25, 0.3) is 0 Å². The lowest BCUT2D eigenvalue weighted by molar-refractivity contribution is -0.119. The average molecular weight is 453 g/mol. The van der Waals surface area contributed by atoms with E-state index in [1.54, 1.807) is 7.11 Å². The molecule has 1 amide bonds. The van der Waals surface area contributed by atoms with E-state index in [9.17, 15) is 10.1 Å². The number of aryl methyl sites for hydroxylation is 1. The number of ether oxygens (including phenoxy) is 1. The van der Waals surface area contributed by atoms with E-state index in [2.05, 4.69) is 34.9 Å². The lowest BCUT2D eigenvalue weighted by Gasteiger charge is -2.15. The number of nitrogens with zero attached hydrogens (tertiary/aromatic N) is 2. The van der Waals surface area contributed by atoms with Gasteiger partial charge in [0.1, 0.15) is 6.07 Å². The van der Waals surface area contributed by atoms with E-state index in [0.717, 1.165) is 53.6 Å². The van der Waals surface area contributed by atoms with Crippen LogP contribution in [0.15, 0.2) is 48.5 Å². The van der Waals surface area contributed by atoms with Crippen molar-refractivity contribution in [2.75, 3.05) is 13.7 Å². The summed E-state index contributed by atoms with van der Waals surface area (Å²) in [4.78, 5) is 16.1. The Balaban J connectivity index is 1.43. The van der Waals surface area contributed by atoms with Crippen molar-refractivity contribution < 1.29 is 9.53 Å². The van der Waals surface area contributed by atoms with Crippen molar-refractivity contribution in [2.45, 2.75) is 44.7 Å². The molecule has 0 spiro atoms. The molecule has 172 valence electrons. The molecular weight excluding hydrogens is 424 g/mol. The Kier molecular flexibility index (Phi) is 6.29. The minimum Gasteiger partial charge on any atom is -0.481 e. The highest BCUT2D eigenvalue weighted by Gasteiger charge is 2.21. The first-order valence-electron chi connectivity index (χ1n) is 11.9. The first kappa shape index (κ1) is 22.1. The fourth-order valence-corrected chi connectivity index (χ4v) is 5.12. The molecule has 0 radical (unpaired) electrons. The molecular formula is C28H28N4O2. The molecule has 1 aliphatic carbocycles. The number of nitrogens with one attached hydrogen (secondary N) is 2. The van der Waals surface area contributed by atoms with Gasteiger partial charge in [-0.05, 0) is 48.4 Å². The van der Waals surface area contributed by atoms with Crippen LogP contribution in [-0.2, 0) is 24.2 Å². The predicted octanol–water partition coefficient (Wildman–Crippen LogP) is 4.15. The van der Waals surface area contributed by atoms with Crippen LogP contribution in [0.4, 0.5) is 0 Å². The molecule has 2 aromatic carbocycles. The summed E-state index contributed by atoms with van der Waals surface area (Å²) >= 11 is 0. The number of benzene rings is 2. The zero-order valence-electron chi connectivity index (χ0n) is 19.4. The number of hydrogen-bond donors (Lipinski definition) is 2. The molecule has 1 aromatic heterocycles. The summed E-state index contributed by atoms with van der Waals surface area (Å²) in [5, 5.41) is 16.5. The second-order valence-corrected chi connectivity index (χ2v) is 8.94. The summed E-state index contributed by atoms with van der Waals surface area (Å²) in [6.07, 6.45) is 4.77. The van der Waals surface area contributed by atoms with Crippen LogP contribution in [0.25, 0.3) is 22.4 Å². The van der Waals surface area contributed by atoms with E-state index in [1.807, 2.05) is 30.3 Å². The van der Waals surface area contributed by atoms with Gasteiger partial charge in [0.15, 0.2) is 0 Å². The van der Waals surface area contributed by atoms with Crippen LogP contribution in [0.1, 0.15) is 41.5 Å². The van der Waals surface area contributed by atoms with Gasteiger partial charge in [-0.2, -0.15) is 5.26 Å². The summed E-state index contributed by atoms with van der Waals surface area (Å²) < 4.78 is 5.59. The van der Waals surface area contributed by atoms with E-state index >= 15 is 0 Å². The molecule has 1 saturated heterocycles. The Hall–Kier alpha value is -3.69. The van der Waals surface area contributed by atoms with Crippen LogP contribution < -0.4 is 15.4 Å². The van der Waals surface area contributed by atoms with Gasteiger partial charge in [-0.25, -0.2) is 4.98 Å². The topological polar surface area (TPSA) is 87.0 Å². The Morgan fingerprint density at radius 1 is 1.09 bits per heavy atom. The van der Waals surface area contributed by atoms with Gasteiger partial charge < -0.3 is 15.4 Å². The van der Waals surface area contributed by atoms with Crippen molar-refractivity contribution in [2.24, 2.45) is 0 Å². The zero-order valence-corrected chi connectivity index (χ0v) is 19.4. The van der Waals surface area contributed by atoms with Crippen LogP contribution in [0.3, 0.4) is 0 Å². The zero-order chi connectivity index (χ0) is 23.5. The van der Waals surface area contributed by atoms with Gasteiger partial charge in [-0.15, -0.1) is 0 Å². The minimum atomic E-state index is 0.117. The monoisotopic (exact) mass is 452 g/mol. The van der Waals surface area contributed by atoms with Gasteiger partial charge in [-0.3, -0.25) is 4.79 Å². The second-order valence-electron chi connectivity index (χ2n) is 8.94. The summed E-state index contributed by atoms with van der Waals surface area (Å²) in [5.41, 5.74) is 7.97. The van der Waals surface area contributed by atoms with Gasteiger partial charge in [0.2, 0.25) is 11.8 Å². The number of rotatable bonds is 7. The smallest absolute Gasteiger partial charge is 0.220 e. The second kappa shape index (κ2) is 9.66. The number of hydrogen-bond acceptors (Lipinski definition) is 5. The fourth-order valence-electron chi connectivity index (χ4n) is 5.12. The van der Waals surface area contributed by atoms with Crippen LogP contribution >= 0.6 is 0 Å². The first-order chi connectivity index (χ1) is 16.7. The lowest BCUT2D eigenvalue weighted by Crippen LogP contribution is -2.35. The molecule has 2 N–H and O–H groups in total. The summed E-state index contributed by atoms with van der Waals surface area (Å²) in [6, 6.07) is 19.0. The third kappa shape index (κ3) is 4.27. The maximum absolute atomic E-state index is 11.4. The van der Waals surface area contributed by atoms with Gasteiger partial charge >= 0.3 is 0 Å². The number of fused-ring (bicyclic) bond motifs is 1. The Labute approximate surface area is 200 Å². The first-order valence-corrected chi connectivity index (χ1v) is 11.9. The SMILES string of the molecule is COc1nc(-c2cccc(-c3cccc4c3CCC4)c2C#N)ccc1CNC[C@@H]1CCC(=O)N1.